The average molecular weight is 234 g/mol. The number of carbonyl (C=O) groups is 1. The molecule has 0 fully saturated rings. The van der Waals surface area contributed by atoms with Crippen LogP contribution in [0.25, 0.3) is 0 Å². The molecule has 0 radical (unpaired) electrons. The molecule has 0 saturated carbocycles. The van der Waals surface area contributed by atoms with Crippen LogP contribution in [0.5, 0.6) is 0 Å². The molecule has 4 heteroatoms. The summed E-state index contributed by atoms with van der Waals surface area (Å²) in [6.45, 7) is 4.21. The monoisotopic (exact) mass is 234 g/mol. The molecule has 1 unspecified atom stereocenters. The van der Waals surface area contributed by atoms with Crippen molar-refractivity contribution in [3.8, 4) is 0 Å². The number of benzene rings is 1. The maximum atomic E-state index is 11.9. The number of hydrogen-bond donors (Lipinski definition) is 2. The van der Waals surface area contributed by atoms with Crippen molar-refractivity contribution in [2.75, 3.05) is 13.7 Å². The Kier molecular flexibility index (Phi) is 3.76. The van der Waals surface area contributed by atoms with Crippen LogP contribution in [-0.4, -0.2) is 25.7 Å². The maximum absolute atomic E-state index is 11.9. The topological polar surface area (TPSA) is 50.4 Å². The Morgan fingerprint density at radius 1 is 1.47 bits per heavy atom. The Bertz CT molecular complexity index is 418. The Morgan fingerprint density at radius 2 is 2.24 bits per heavy atom. The number of rotatable bonds is 4. The van der Waals surface area contributed by atoms with Gasteiger partial charge in [0.05, 0.1) is 6.10 Å². The zero-order chi connectivity index (χ0) is 12.3. The van der Waals surface area contributed by atoms with Crippen molar-refractivity contribution < 1.29 is 9.53 Å². The number of fused-ring (bicyclic) bond motifs is 1. The number of hydrogen-bond acceptors (Lipinski definition) is 3. The molecule has 2 N–H and O–H groups in total. The van der Waals surface area contributed by atoms with Crippen molar-refractivity contribution in [2.24, 2.45) is 0 Å². The third-order valence-electron chi connectivity index (χ3n) is 3.05. The van der Waals surface area contributed by atoms with Gasteiger partial charge in [0.1, 0.15) is 0 Å². The first-order valence-corrected chi connectivity index (χ1v) is 5.84. The Labute approximate surface area is 101 Å². The molecule has 1 atom stereocenters. The van der Waals surface area contributed by atoms with Gasteiger partial charge in [0.15, 0.2) is 0 Å². The van der Waals surface area contributed by atoms with E-state index in [2.05, 4.69) is 10.6 Å². The predicted molar refractivity (Wildman–Crippen MR) is 65.8 cm³/mol. The molecular weight excluding hydrogens is 216 g/mol. The van der Waals surface area contributed by atoms with Crippen molar-refractivity contribution in [2.45, 2.75) is 26.1 Å². The van der Waals surface area contributed by atoms with Crippen LogP contribution in [0.3, 0.4) is 0 Å². The van der Waals surface area contributed by atoms with E-state index < -0.39 is 0 Å². The first-order chi connectivity index (χ1) is 8.20. The quantitative estimate of drug-likeness (QED) is 0.819. The van der Waals surface area contributed by atoms with Gasteiger partial charge in [0.2, 0.25) is 0 Å². The minimum absolute atomic E-state index is 0.0371. The Hall–Kier alpha value is -1.39. The predicted octanol–water partition coefficient (Wildman–Crippen LogP) is 1.05. The lowest BCUT2D eigenvalue weighted by Crippen LogP contribution is -2.31. The summed E-state index contributed by atoms with van der Waals surface area (Å²) in [6.07, 6.45) is 0.0371. The van der Waals surface area contributed by atoms with Crippen molar-refractivity contribution in [1.29, 1.82) is 0 Å². The number of amides is 1. The van der Waals surface area contributed by atoms with Gasteiger partial charge in [-0.2, -0.15) is 0 Å². The van der Waals surface area contributed by atoms with Gasteiger partial charge in [-0.05, 0) is 30.2 Å². The van der Waals surface area contributed by atoms with Crippen molar-refractivity contribution in [1.82, 2.24) is 10.6 Å². The van der Waals surface area contributed by atoms with E-state index in [1.54, 1.807) is 7.11 Å². The van der Waals surface area contributed by atoms with Crippen molar-refractivity contribution >= 4 is 5.91 Å². The van der Waals surface area contributed by atoms with Gasteiger partial charge in [0.25, 0.3) is 5.91 Å². The SMILES string of the molecule is COC(C)CNC(=O)c1ccc2c(c1)CNC2. The summed E-state index contributed by atoms with van der Waals surface area (Å²) in [5.74, 6) is -0.0383. The minimum Gasteiger partial charge on any atom is -0.380 e. The molecule has 1 aliphatic heterocycles. The standard InChI is InChI=1S/C13H18N2O2/c1-9(17-2)6-15-13(16)10-3-4-11-7-14-8-12(11)5-10/h3-5,9,14H,6-8H2,1-2H3,(H,15,16). The molecule has 0 aliphatic carbocycles. The highest BCUT2D eigenvalue weighted by Crippen LogP contribution is 2.16. The second-order valence-corrected chi connectivity index (χ2v) is 4.34. The molecular formula is C13H18N2O2. The number of nitrogens with one attached hydrogen (secondary N) is 2. The summed E-state index contributed by atoms with van der Waals surface area (Å²) < 4.78 is 5.09. The highest BCUT2D eigenvalue weighted by atomic mass is 16.5. The molecule has 1 aromatic carbocycles. The van der Waals surface area contributed by atoms with Crippen LogP contribution < -0.4 is 10.6 Å². The average Bonchev–Trinajstić information content (AvgIpc) is 2.82. The molecule has 1 heterocycles. The van der Waals surface area contributed by atoms with E-state index in [0.29, 0.717) is 6.54 Å². The highest BCUT2D eigenvalue weighted by Gasteiger charge is 2.13. The lowest BCUT2D eigenvalue weighted by Gasteiger charge is -2.11. The van der Waals surface area contributed by atoms with Gasteiger partial charge in [0, 0.05) is 32.3 Å². The van der Waals surface area contributed by atoms with Crippen LogP contribution in [-0.2, 0) is 17.8 Å². The van der Waals surface area contributed by atoms with Crippen LogP contribution in [0.15, 0.2) is 18.2 Å². The molecule has 0 bridgehead atoms. The molecule has 1 aromatic rings. The van der Waals surface area contributed by atoms with E-state index >= 15 is 0 Å². The molecule has 0 spiro atoms. The van der Waals surface area contributed by atoms with E-state index in [-0.39, 0.29) is 12.0 Å². The van der Waals surface area contributed by atoms with E-state index in [0.717, 1.165) is 18.7 Å². The van der Waals surface area contributed by atoms with Gasteiger partial charge in [-0.1, -0.05) is 6.07 Å². The minimum atomic E-state index is -0.0383. The Morgan fingerprint density at radius 3 is 3.00 bits per heavy atom. The van der Waals surface area contributed by atoms with Gasteiger partial charge >= 0.3 is 0 Å². The lowest BCUT2D eigenvalue weighted by molar-refractivity contribution is 0.0870. The van der Waals surface area contributed by atoms with E-state index in [1.807, 2.05) is 25.1 Å². The molecule has 2 rings (SSSR count). The van der Waals surface area contributed by atoms with E-state index in [1.165, 1.54) is 11.1 Å². The molecule has 0 saturated heterocycles. The summed E-state index contributed by atoms with van der Waals surface area (Å²) in [5.41, 5.74) is 3.22. The van der Waals surface area contributed by atoms with Crippen LogP contribution in [0.2, 0.25) is 0 Å². The van der Waals surface area contributed by atoms with Gasteiger partial charge < -0.3 is 15.4 Å². The maximum Gasteiger partial charge on any atom is 0.251 e. The van der Waals surface area contributed by atoms with Crippen LogP contribution >= 0.6 is 0 Å². The van der Waals surface area contributed by atoms with Crippen LogP contribution in [0.1, 0.15) is 28.4 Å². The molecule has 17 heavy (non-hydrogen) atoms. The summed E-state index contributed by atoms with van der Waals surface area (Å²) in [7, 11) is 1.64. The molecule has 1 aliphatic rings. The van der Waals surface area contributed by atoms with Gasteiger partial charge in [-0.3, -0.25) is 4.79 Å². The number of methoxy groups -OCH3 is 1. The van der Waals surface area contributed by atoms with Crippen molar-refractivity contribution in [3.63, 3.8) is 0 Å². The van der Waals surface area contributed by atoms with Crippen LogP contribution in [0, 0.1) is 0 Å². The first kappa shape index (κ1) is 12.1. The van der Waals surface area contributed by atoms with Gasteiger partial charge in [-0.25, -0.2) is 0 Å². The third-order valence-corrected chi connectivity index (χ3v) is 3.05. The smallest absolute Gasteiger partial charge is 0.251 e. The summed E-state index contributed by atoms with van der Waals surface area (Å²) in [5, 5.41) is 6.12. The fourth-order valence-electron chi connectivity index (χ4n) is 1.86. The summed E-state index contributed by atoms with van der Waals surface area (Å²) in [6, 6.07) is 5.85. The largest absolute Gasteiger partial charge is 0.380 e. The fraction of sp³-hybridized carbons (Fsp3) is 0.462. The first-order valence-electron chi connectivity index (χ1n) is 5.84. The highest BCUT2D eigenvalue weighted by molar-refractivity contribution is 5.94. The van der Waals surface area contributed by atoms with E-state index in [4.69, 9.17) is 4.74 Å². The molecule has 0 aromatic heterocycles. The number of ether oxygens (including phenoxy) is 1. The molecule has 1 amide bonds. The van der Waals surface area contributed by atoms with Crippen LogP contribution in [0.4, 0.5) is 0 Å². The zero-order valence-corrected chi connectivity index (χ0v) is 10.2. The van der Waals surface area contributed by atoms with E-state index in [9.17, 15) is 4.79 Å². The molecule has 92 valence electrons. The third kappa shape index (κ3) is 2.84. The Balaban J connectivity index is 2.00. The van der Waals surface area contributed by atoms with Gasteiger partial charge in [-0.15, -0.1) is 0 Å². The number of carbonyl (C=O) groups excluding carboxylic acids is 1. The fourth-order valence-corrected chi connectivity index (χ4v) is 1.86. The molecule has 4 nitrogen and oxygen atoms in total. The summed E-state index contributed by atoms with van der Waals surface area (Å²) in [4.78, 5) is 11.9. The normalized spacial score (nSPS) is 15.4. The summed E-state index contributed by atoms with van der Waals surface area (Å²) >= 11 is 0. The zero-order valence-electron chi connectivity index (χ0n) is 10.2. The lowest BCUT2D eigenvalue weighted by atomic mass is 10.1. The van der Waals surface area contributed by atoms with Crippen molar-refractivity contribution in [3.05, 3.63) is 34.9 Å². The second-order valence-electron chi connectivity index (χ2n) is 4.34. The second kappa shape index (κ2) is 5.29.